The number of carbonyl (C=O) groups is 1. The van der Waals surface area contributed by atoms with Gasteiger partial charge in [0.1, 0.15) is 6.33 Å². The van der Waals surface area contributed by atoms with Crippen molar-refractivity contribution in [2.45, 2.75) is 32.3 Å². The second kappa shape index (κ2) is 7.73. The minimum atomic E-state index is -3.59. The van der Waals surface area contributed by atoms with Crippen LogP contribution < -0.4 is 0 Å². The maximum atomic E-state index is 12.3. The van der Waals surface area contributed by atoms with E-state index < -0.39 is 15.9 Å². The topological polar surface area (TPSA) is 85.2 Å². The second-order valence-electron chi connectivity index (χ2n) is 5.37. The largest absolute Gasteiger partial charge is 0.346 e. The molecule has 1 heterocycles. The van der Waals surface area contributed by atoms with E-state index in [2.05, 4.69) is 16.7 Å². The van der Waals surface area contributed by atoms with Crippen LogP contribution in [-0.4, -0.2) is 53.0 Å². The minimum absolute atomic E-state index is 0.0520. The summed E-state index contributed by atoms with van der Waals surface area (Å²) in [6.45, 7) is 9.67. The van der Waals surface area contributed by atoms with Gasteiger partial charge >= 0.3 is 6.03 Å². The van der Waals surface area contributed by atoms with Crippen molar-refractivity contribution in [3.05, 3.63) is 17.9 Å². The smallest absolute Gasteiger partial charge is 0.318 e. The van der Waals surface area contributed by atoms with E-state index in [0.717, 1.165) is 17.4 Å². The molecule has 0 N–H and O–H groups in total. The highest BCUT2D eigenvalue weighted by Gasteiger charge is 2.24. The Morgan fingerprint density at radius 3 is 2.64 bits per heavy atom. The van der Waals surface area contributed by atoms with Crippen LogP contribution in [0.15, 0.2) is 23.1 Å². The summed E-state index contributed by atoms with van der Waals surface area (Å²) in [4.78, 5) is 17.5. The number of aromatic nitrogens is 3. The van der Waals surface area contributed by atoms with E-state index in [4.69, 9.17) is 11.6 Å². The highest BCUT2D eigenvalue weighted by atomic mass is 35.5. The zero-order chi connectivity index (χ0) is 16.9. The van der Waals surface area contributed by atoms with E-state index >= 15 is 0 Å². The van der Waals surface area contributed by atoms with Crippen LogP contribution in [0.25, 0.3) is 0 Å². The van der Waals surface area contributed by atoms with Crippen LogP contribution in [0.1, 0.15) is 27.2 Å². The van der Waals surface area contributed by atoms with Gasteiger partial charge < -0.3 is 4.90 Å². The molecule has 0 aromatic carbocycles. The zero-order valence-corrected chi connectivity index (χ0v) is 14.6. The summed E-state index contributed by atoms with van der Waals surface area (Å²) in [6.07, 6.45) is 1.83. The van der Waals surface area contributed by atoms with Crippen molar-refractivity contribution in [1.82, 2.24) is 19.7 Å². The standard InChI is InChI=1S/C13H21ClN4O3S/c1-5-6-17(7-11(4)14)13(19)18-9-15-12(16-18)22(20,21)8-10(2)3/h9-10H,4-8H2,1-3H3. The predicted octanol–water partition coefficient (Wildman–Crippen LogP) is 2.14. The van der Waals surface area contributed by atoms with Gasteiger partial charge in [-0.2, -0.15) is 4.68 Å². The van der Waals surface area contributed by atoms with E-state index in [1.54, 1.807) is 13.8 Å². The molecule has 7 nitrogen and oxygen atoms in total. The highest BCUT2D eigenvalue weighted by molar-refractivity contribution is 7.91. The molecule has 0 atom stereocenters. The van der Waals surface area contributed by atoms with E-state index in [1.807, 2.05) is 6.92 Å². The number of amides is 1. The third-order valence-electron chi connectivity index (χ3n) is 2.62. The van der Waals surface area contributed by atoms with Crippen molar-refractivity contribution in [3.8, 4) is 0 Å². The van der Waals surface area contributed by atoms with Crippen LogP contribution in [0, 0.1) is 5.92 Å². The first kappa shape index (κ1) is 18.6. The lowest BCUT2D eigenvalue weighted by Gasteiger charge is -2.20. The first-order valence-electron chi connectivity index (χ1n) is 6.94. The van der Waals surface area contributed by atoms with Gasteiger partial charge in [-0.15, -0.1) is 5.10 Å². The third kappa shape index (κ3) is 5.10. The summed E-state index contributed by atoms with van der Waals surface area (Å²) in [7, 11) is -3.59. The van der Waals surface area contributed by atoms with Gasteiger partial charge in [-0.1, -0.05) is 39.0 Å². The molecule has 0 aliphatic heterocycles. The Kier molecular flexibility index (Phi) is 6.55. The van der Waals surface area contributed by atoms with Gasteiger partial charge in [0.15, 0.2) is 0 Å². The van der Waals surface area contributed by atoms with Crippen molar-refractivity contribution in [2.24, 2.45) is 5.92 Å². The molecule has 1 aromatic heterocycles. The van der Waals surface area contributed by atoms with Crippen molar-refractivity contribution in [3.63, 3.8) is 0 Å². The summed E-state index contributed by atoms with van der Waals surface area (Å²) < 4.78 is 25.0. The van der Waals surface area contributed by atoms with Gasteiger partial charge in [-0.05, 0) is 12.3 Å². The Balaban J connectivity index is 2.98. The van der Waals surface area contributed by atoms with Gasteiger partial charge in [-0.3, -0.25) is 0 Å². The Bertz CT molecular complexity index is 639. The van der Waals surface area contributed by atoms with Gasteiger partial charge in [-0.25, -0.2) is 18.2 Å². The molecule has 1 amide bonds. The molecular formula is C13H21ClN4O3S. The number of rotatable bonds is 7. The molecule has 0 spiro atoms. The fraction of sp³-hybridized carbons (Fsp3) is 0.615. The number of halogens is 1. The number of hydrogen-bond acceptors (Lipinski definition) is 5. The molecule has 0 saturated carbocycles. The van der Waals surface area contributed by atoms with E-state index in [9.17, 15) is 13.2 Å². The molecule has 0 aliphatic carbocycles. The Hall–Kier alpha value is -1.41. The average molecular weight is 349 g/mol. The van der Waals surface area contributed by atoms with Crippen molar-refractivity contribution < 1.29 is 13.2 Å². The number of carbonyl (C=O) groups excluding carboxylic acids is 1. The average Bonchev–Trinajstić information content (AvgIpc) is 2.85. The van der Waals surface area contributed by atoms with E-state index in [-0.39, 0.29) is 23.4 Å². The van der Waals surface area contributed by atoms with E-state index in [1.165, 1.54) is 4.90 Å². The maximum Gasteiger partial charge on any atom is 0.346 e. The van der Waals surface area contributed by atoms with Gasteiger partial charge in [0, 0.05) is 11.6 Å². The lowest BCUT2D eigenvalue weighted by Crippen LogP contribution is -2.36. The summed E-state index contributed by atoms with van der Waals surface area (Å²) in [5.74, 6) is -0.119. The fourth-order valence-electron chi connectivity index (χ4n) is 1.86. The molecule has 0 bridgehead atoms. The number of hydrogen-bond donors (Lipinski definition) is 0. The normalized spacial score (nSPS) is 11.7. The maximum absolute atomic E-state index is 12.3. The molecule has 0 saturated heterocycles. The fourth-order valence-corrected chi connectivity index (χ4v) is 3.45. The summed E-state index contributed by atoms with van der Waals surface area (Å²) >= 11 is 5.75. The monoisotopic (exact) mass is 348 g/mol. The SMILES string of the molecule is C=C(Cl)CN(CCC)C(=O)n1cnc(S(=O)(=O)CC(C)C)n1. The van der Waals surface area contributed by atoms with Gasteiger partial charge in [0.2, 0.25) is 9.84 Å². The van der Waals surface area contributed by atoms with Crippen LogP contribution in [0.2, 0.25) is 0 Å². The van der Waals surface area contributed by atoms with Crippen LogP contribution >= 0.6 is 11.6 Å². The lowest BCUT2D eigenvalue weighted by molar-refractivity contribution is 0.201. The molecule has 0 unspecified atom stereocenters. The Morgan fingerprint density at radius 2 is 2.14 bits per heavy atom. The molecule has 22 heavy (non-hydrogen) atoms. The van der Waals surface area contributed by atoms with E-state index in [0.29, 0.717) is 11.6 Å². The molecular weight excluding hydrogens is 328 g/mol. The summed E-state index contributed by atoms with van der Waals surface area (Å²) in [6, 6.07) is -0.484. The Labute approximate surface area is 135 Å². The zero-order valence-electron chi connectivity index (χ0n) is 13.0. The predicted molar refractivity (Wildman–Crippen MR) is 84.6 cm³/mol. The third-order valence-corrected chi connectivity index (χ3v) is 4.59. The summed E-state index contributed by atoms with van der Waals surface area (Å²) in [5, 5.41) is 3.78. The Morgan fingerprint density at radius 1 is 1.50 bits per heavy atom. The molecule has 1 aromatic rings. The molecule has 1 rings (SSSR count). The van der Waals surface area contributed by atoms with Crippen LogP contribution in [0.4, 0.5) is 4.79 Å². The molecule has 0 aliphatic rings. The lowest BCUT2D eigenvalue weighted by atomic mass is 10.3. The van der Waals surface area contributed by atoms with Crippen molar-refractivity contribution >= 4 is 27.5 Å². The summed E-state index contributed by atoms with van der Waals surface area (Å²) in [5.41, 5.74) is 0. The van der Waals surface area contributed by atoms with Crippen LogP contribution in [0.5, 0.6) is 0 Å². The molecule has 124 valence electrons. The first-order valence-corrected chi connectivity index (χ1v) is 8.97. The molecule has 0 radical (unpaired) electrons. The van der Waals surface area contributed by atoms with Gasteiger partial charge in [0.25, 0.3) is 5.16 Å². The number of nitrogens with zero attached hydrogens (tertiary/aromatic N) is 4. The first-order chi connectivity index (χ1) is 10.2. The van der Waals surface area contributed by atoms with Crippen molar-refractivity contribution in [2.75, 3.05) is 18.8 Å². The molecule has 0 fully saturated rings. The number of sulfone groups is 1. The highest BCUT2D eigenvalue weighted by Crippen LogP contribution is 2.10. The van der Waals surface area contributed by atoms with Crippen LogP contribution in [0.3, 0.4) is 0 Å². The quantitative estimate of drug-likeness (QED) is 0.753. The second-order valence-corrected chi connectivity index (χ2v) is 7.83. The van der Waals surface area contributed by atoms with Gasteiger partial charge in [0.05, 0.1) is 12.3 Å². The van der Waals surface area contributed by atoms with Crippen LogP contribution in [-0.2, 0) is 9.84 Å². The minimum Gasteiger partial charge on any atom is -0.318 e. The molecule has 9 heteroatoms. The van der Waals surface area contributed by atoms with Crippen molar-refractivity contribution in [1.29, 1.82) is 0 Å².